The summed E-state index contributed by atoms with van der Waals surface area (Å²) in [5.74, 6) is 1.83. The van der Waals surface area contributed by atoms with E-state index in [1.165, 1.54) is 24.9 Å². The molecular weight excluding hydrogens is 488 g/mol. The quantitative estimate of drug-likeness (QED) is 0.461. The molecule has 0 radical (unpaired) electrons. The lowest BCUT2D eigenvalue weighted by Crippen LogP contribution is -2.58. The molecule has 5 rings (SSSR count). The molecule has 1 amide bonds. The number of hydrogen-bond acceptors (Lipinski definition) is 6. The zero-order valence-corrected chi connectivity index (χ0v) is 23.6. The van der Waals surface area contributed by atoms with Crippen molar-refractivity contribution in [3.63, 3.8) is 0 Å². The number of carbonyl (C=O) groups excluding carboxylic acids is 1. The lowest BCUT2D eigenvalue weighted by atomic mass is 9.88. The lowest BCUT2D eigenvalue weighted by Gasteiger charge is -2.47. The van der Waals surface area contributed by atoms with Gasteiger partial charge in [0.2, 0.25) is 0 Å². The van der Waals surface area contributed by atoms with E-state index in [2.05, 4.69) is 56.8 Å². The zero-order chi connectivity index (χ0) is 27.1. The number of benzene rings is 1. The minimum Gasteiger partial charge on any atom is -0.371 e. The molecule has 2 aromatic rings. The van der Waals surface area contributed by atoms with Crippen molar-refractivity contribution in [2.45, 2.75) is 64.6 Å². The van der Waals surface area contributed by atoms with Crippen LogP contribution in [0.4, 0.5) is 0 Å². The summed E-state index contributed by atoms with van der Waals surface area (Å²) in [5, 5.41) is 0. The molecule has 0 saturated carbocycles. The molecule has 8 heteroatoms. The number of likely N-dealkylation sites (tertiary alicyclic amines) is 1. The number of hydrogen-bond donors (Lipinski definition) is 1. The molecule has 0 bridgehead atoms. The van der Waals surface area contributed by atoms with E-state index in [1.807, 2.05) is 29.4 Å². The van der Waals surface area contributed by atoms with Crippen LogP contribution in [-0.4, -0.2) is 87.8 Å². The Labute approximate surface area is 233 Å². The molecule has 2 fully saturated rings. The largest absolute Gasteiger partial charge is 0.371 e. The number of ether oxygens (including phenoxy) is 1. The summed E-state index contributed by atoms with van der Waals surface area (Å²) in [6.45, 7) is 12.1. The van der Waals surface area contributed by atoms with Crippen molar-refractivity contribution in [2.75, 3.05) is 45.9 Å². The van der Waals surface area contributed by atoms with Gasteiger partial charge in [-0.25, -0.2) is 4.98 Å². The molecule has 3 aliphatic heterocycles. The number of nitrogens with zero attached hydrogens (tertiary/aromatic N) is 5. The van der Waals surface area contributed by atoms with Gasteiger partial charge in [-0.1, -0.05) is 44.9 Å². The maximum absolute atomic E-state index is 13.5. The molecule has 0 aliphatic carbocycles. The smallest absolute Gasteiger partial charge is 0.254 e. The number of aromatic nitrogens is 2. The van der Waals surface area contributed by atoms with Crippen LogP contribution in [0.5, 0.6) is 0 Å². The SMILES string of the molecule is CCC(CC)CN1CCC2(CC1)CN(C(=O)c1ccc(CN(CC3=NC=CC3)Cc3ncc[nH]3)cc1)CCO2. The molecule has 1 N–H and O–H groups in total. The molecule has 2 saturated heterocycles. The second-order valence-electron chi connectivity index (χ2n) is 11.4. The summed E-state index contributed by atoms with van der Waals surface area (Å²) in [4.78, 5) is 32.6. The van der Waals surface area contributed by atoms with E-state index in [1.54, 1.807) is 6.20 Å². The number of aromatic amines is 1. The van der Waals surface area contributed by atoms with Crippen molar-refractivity contribution in [2.24, 2.45) is 10.9 Å². The van der Waals surface area contributed by atoms with E-state index in [0.717, 1.165) is 75.0 Å². The van der Waals surface area contributed by atoms with Gasteiger partial charge >= 0.3 is 0 Å². The number of rotatable bonds is 11. The van der Waals surface area contributed by atoms with E-state index in [-0.39, 0.29) is 11.5 Å². The maximum atomic E-state index is 13.5. The highest BCUT2D eigenvalue weighted by atomic mass is 16.5. The standard InChI is InChI=1S/C31H44N6O2/c1-3-25(4-2)20-35-16-11-31(12-17-35)24-37(18-19-39-31)30(38)27-9-7-26(8-10-27)21-36(22-28-6-5-13-32-28)23-29-33-14-15-34-29/h5,7-10,13-15,25H,3-4,6,11-12,16-24H2,1-2H3,(H,33,34). The number of aliphatic imine (C=N–C) groups is 1. The second kappa shape index (κ2) is 13.0. The second-order valence-corrected chi connectivity index (χ2v) is 11.4. The molecule has 1 aromatic carbocycles. The first kappa shape index (κ1) is 27.7. The molecular formula is C31H44N6O2. The fourth-order valence-electron chi connectivity index (χ4n) is 6.10. The highest BCUT2D eigenvalue weighted by Crippen LogP contribution is 2.31. The summed E-state index contributed by atoms with van der Waals surface area (Å²) in [6.07, 6.45) is 13.0. The van der Waals surface area contributed by atoms with Gasteiger partial charge in [0.25, 0.3) is 5.91 Å². The van der Waals surface area contributed by atoms with Gasteiger partial charge in [0.1, 0.15) is 5.82 Å². The van der Waals surface area contributed by atoms with Crippen LogP contribution >= 0.6 is 0 Å². The monoisotopic (exact) mass is 532 g/mol. The minimum atomic E-state index is -0.192. The van der Waals surface area contributed by atoms with E-state index in [9.17, 15) is 4.79 Å². The molecule has 8 nitrogen and oxygen atoms in total. The third-order valence-electron chi connectivity index (χ3n) is 8.63. The average Bonchev–Trinajstić information content (AvgIpc) is 3.68. The fraction of sp³-hybridized carbons (Fsp3) is 0.581. The van der Waals surface area contributed by atoms with Crippen molar-refractivity contribution >= 4 is 11.6 Å². The molecule has 39 heavy (non-hydrogen) atoms. The molecule has 3 aliphatic rings. The number of morpholine rings is 1. The van der Waals surface area contributed by atoms with E-state index >= 15 is 0 Å². The van der Waals surface area contributed by atoms with Crippen molar-refractivity contribution in [1.82, 2.24) is 24.7 Å². The van der Waals surface area contributed by atoms with Crippen molar-refractivity contribution in [3.05, 3.63) is 65.9 Å². The third kappa shape index (κ3) is 7.24. The predicted molar refractivity (Wildman–Crippen MR) is 155 cm³/mol. The Morgan fingerprint density at radius 2 is 1.90 bits per heavy atom. The third-order valence-corrected chi connectivity index (χ3v) is 8.63. The predicted octanol–water partition coefficient (Wildman–Crippen LogP) is 4.51. The van der Waals surface area contributed by atoms with Crippen LogP contribution in [0.15, 0.2) is 53.9 Å². The van der Waals surface area contributed by atoms with E-state index in [4.69, 9.17) is 4.74 Å². The Bertz CT molecular complexity index is 1110. The Kier molecular flexibility index (Phi) is 9.27. The van der Waals surface area contributed by atoms with Gasteiger partial charge in [-0.05, 0) is 36.5 Å². The molecule has 1 aromatic heterocycles. The van der Waals surface area contributed by atoms with Gasteiger partial charge in [-0.2, -0.15) is 0 Å². The van der Waals surface area contributed by atoms with Crippen LogP contribution in [-0.2, 0) is 17.8 Å². The van der Waals surface area contributed by atoms with Crippen molar-refractivity contribution < 1.29 is 9.53 Å². The molecule has 4 heterocycles. The fourth-order valence-corrected chi connectivity index (χ4v) is 6.10. The Hall–Kier alpha value is -2.81. The summed E-state index contributed by atoms with van der Waals surface area (Å²) < 4.78 is 6.34. The molecule has 1 spiro atoms. The zero-order valence-electron chi connectivity index (χ0n) is 23.6. The van der Waals surface area contributed by atoms with Crippen LogP contribution in [0.3, 0.4) is 0 Å². The number of H-pyrrole nitrogens is 1. The van der Waals surface area contributed by atoms with E-state index < -0.39 is 0 Å². The number of imidazole rings is 1. The number of piperidine rings is 1. The number of allylic oxidation sites excluding steroid dienone is 1. The van der Waals surface area contributed by atoms with Gasteiger partial charge in [0, 0.05) is 75.6 Å². The van der Waals surface area contributed by atoms with Crippen LogP contribution in [0, 0.1) is 5.92 Å². The van der Waals surface area contributed by atoms with Crippen LogP contribution < -0.4 is 0 Å². The first-order valence-corrected chi connectivity index (χ1v) is 14.7. The molecule has 0 unspecified atom stereocenters. The molecule has 0 atom stereocenters. The number of carbonyl (C=O) groups is 1. The Morgan fingerprint density at radius 1 is 1.10 bits per heavy atom. The van der Waals surface area contributed by atoms with Gasteiger partial charge in [0.05, 0.1) is 25.3 Å². The van der Waals surface area contributed by atoms with Crippen molar-refractivity contribution in [3.8, 4) is 0 Å². The maximum Gasteiger partial charge on any atom is 0.254 e. The summed E-state index contributed by atoms with van der Waals surface area (Å²) in [7, 11) is 0. The van der Waals surface area contributed by atoms with Gasteiger partial charge in [0.15, 0.2) is 0 Å². The summed E-state index contributed by atoms with van der Waals surface area (Å²) in [6, 6.07) is 8.14. The van der Waals surface area contributed by atoms with Gasteiger partial charge < -0.3 is 19.5 Å². The minimum absolute atomic E-state index is 0.113. The lowest BCUT2D eigenvalue weighted by molar-refractivity contribution is -0.128. The molecule has 210 valence electrons. The van der Waals surface area contributed by atoms with Crippen LogP contribution in [0.2, 0.25) is 0 Å². The normalized spacial score (nSPS) is 19.4. The Balaban J connectivity index is 1.17. The van der Waals surface area contributed by atoms with Crippen LogP contribution in [0.1, 0.15) is 67.7 Å². The topological polar surface area (TPSA) is 77.1 Å². The van der Waals surface area contributed by atoms with Crippen LogP contribution in [0.25, 0.3) is 0 Å². The first-order valence-electron chi connectivity index (χ1n) is 14.7. The summed E-state index contributed by atoms with van der Waals surface area (Å²) >= 11 is 0. The van der Waals surface area contributed by atoms with Gasteiger partial charge in [-0.3, -0.25) is 14.7 Å². The van der Waals surface area contributed by atoms with Crippen molar-refractivity contribution in [1.29, 1.82) is 0 Å². The Morgan fingerprint density at radius 3 is 2.56 bits per heavy atom. The first-order chi connectivity index (χ1) is 19.1. The average molecular weight is 533 g/mol. The van der Waals surface area contributed by atoms with E-state index in [0.29, 0.717) is 19.7 Å². The summed E-state index contributed by atoms with van der Waals surface area (Å²) in [5.41, 5.74) is 2.90. The number of amides is 1. The number of nitrogens with one attached hydrogen (secondary N) is 1. The highest BCUT2D eigenvalue weighted by molar-refractivity contribution is 5.94. The van der Waals surface area contributed by atoms with Gasteiger partial charge in [-0.15, -0.1) is 0 Å². The highest BCUT2D eigenvalue weighted by Gasteiger charge is 2.41.